The van der Waals surface area contributed by atoms with Gasteiger partial charge in [0.1, 0.15) is 0 Å². The number of ether oxygens (including phenoxy) is 2. The van der Waals surface area contributed by atoms with Gasteiger partial charge in [0, 0.05) is 5.41 Å². The van der Waals surface area contributed by atoms with Crippen molar-refractivity contribution in [3.8, 4) is 0 Å². The van der Waals surface area contributed by atoms with Crippen LogP contribution >= 0.6 is 0 Å². The van der Waals surface area contributed by atoms with Gasteiger partial charge in [-0.25, -0.2) is 0 Å². The third-order valence-electron chi connectivity index (χ3n) is 4.83. The van der Waals surface area contributed by atoms with Crippen LogP contribution in [-0.4, -0.2) is 106 Å². The Morgan fingerprint density at radius 1 is 0.581 bits per heavy atom. The van der Waals surface area contributed by atoms with Crippen LogP contribution in [-0.2, 0) is 9.47 Å². The van der Waals surface area contributed by atoms with E-state index in [1.54, 1.807) is 0 Å². The number of aliphatic hydroxyl groups is 7. The van der Waals surface area contributed by atoms with Crippen molar-refractivity contribution in [2.24, 2.45) is 5.41 Å². The molecule has 0 radical (unpaired) electrons. The third kappa shape index (κ3) is 22.6. The van der Waals surface area contributed by atoms with E-state index < -0.39 is 29.8 Å². The predicted octanol–water partition coefficient (Wildman–Crippen LogP) is 0.449. The highest BCUT2D eigenvalue weighted by Crippen LogP contribution is 2.22. The fraction of sp³-hybridized carbons (Fsp3) is 1.00. The summed E-state index contributed by atoms with van der Waals surface area (Å²) in [5, 5.41) is 61.4. The molecule has 31 heavy (non-hydrogen) atoms. The van der Waals surface area contributed by atoms with Crippen molar-refractivity contribution in [2.45, 2.75) is 91.1 Å². The lowest BCUT2D eigenvalue weighted by molar-refractivity contribution is -0.0799. The van der Waals surface area contributed by atoms with E-state index in [1.807, 2.05) is 34.6 Å². The normalized spacial score (nSPS) is 16.6. The van der Waals surface area contributed by atoms with Crippen LogP contribution < -0.4 is 0 Å². The van der Waals surface area contributed by atoms with E-state index in [9.17, 15) is 15.3 Å². The first-order chi connectivity index (χ1) is 14.6. The van der Waals surface area contributed by atoms with Gasteiger partial charge in [0.15, 0.2) is 0 Å². The van der Waals surface area contributed by atoms with E-state index in [0.717, 1.165) is 0 Å². The van der Waals surface area contributed by atoms with Gasteiger partial charge >= 0.3 is 0 Å². The van der Waals surface area contributed by atoms with E-state index in [0.29, 0.717) is 45.3 Å². The molecule has 0 aliphatic rings. The van der Waals surface area contributed by atoms with Gasteiger partial charge in [-0.15, -0.1) is 0 Å². The Morgan fingerprint density at radius 2 is 0.903 bits per heavy atom. The van der Waals surface area contributed by atoms with Gasteiger partial charge in [-0.1, -0.05) is 34.6 Å². The van der Waals surface area contributed by atoms with E-state index >= 15 is 0 Å². The molecule has 7 N–H and O–H groups in total. The van der Waals surface area contributed by atoms with Crippen molar-refractivity contribution in [2.75, 3.05) is 46.2 Å². The lowest BCUT2D eigenvalue weighted by Crippen LogP contribution is -2.37. The molecule has 0 amide bonds. The van der Waals surface area contributed by atoms with Crippen molar-refractivity contribution in [1.29, 1.82) is 0 Å². The van der Waals surface area contributed by atoms with Gasteiger partial charge in [0.25, 0.3) is 0 Å². The molecule has 0 aromatic heterocycles. The van der Waals surface area contributed by atoms with Crippen LogP contribution in [0.1, 0.15) is 66.7 Å². The van der Waals surface area contributed by atoms with Crippen LogP contribution in [0.5, 0.6) is 0 Å². The third-order valence-corrected chi connectivity index (χ3v) is 4.83. The molecule has 4 atom stereocenters. The first-order valence-corrected chi connectivity index (χ1v) is 11.4. The van der Waals surface area contributed by atoms with Crippen LogP contribution in [0.25, 0.3) is 0 Å². The molecule has 0 aromatic carbocycles. The van der Waals surface area contributed by atoms with Gasteiger partial charge in [0.05, 0.1) is 70.7 Å². The van der Waals surface area contributed by atoms with Crippen molar-refractivity contribution in [1.82, 2.24) is 0 Å². The summed E-state index contributed by atoms with van der Waals surface area (Å²) in [4.78, 5) is 0. The molecule has 0 heterocycles. The molecule has 0 saturated heterocycles. The molecular formula is C22H50O9. The fourth-order valence-electron chi connectivity index (χ4n) is 1.77. The van der Waals surface area contributed by atoms with Crippen molar-refractivity contribution in [3.05, 3.63) is 0 Å². The zero-order valence-corrected chi connectivity index (χ0v) is 20.2. The summed E-state index contributed by atoms with van der Waals surface area (Å²) in [5.41, 5.74) is -0.457. The molecule has 9 heteroatoms. The number of aliphatic hydroxyl groups excluding tert-OH is 7. The number of hydrogen-bond acceptors (Lipinski definition) is 9. The maximum absolute atomic E-state index is 9.54. The second-order valence-electron chi connectivity index (χ2n) is 7.66. The maximum Gasteiger partial charge on any atom is 0.0771 e. The minimum absolute atomic E-state index is 0.0338. The van der Waals surface area contributed by atoms with E-state index in [2.05, 4.69) is 0 Å². The Kier molecular flexibility index (Phi) is 27.6. The standard InChI is InChI=1S/C14H30O5.2C4H10O2/c1-4-12(16)7-18-10-14(6-3,9-15)11-19-8-13(17)5-2;2*1-2-4(6)3-5/h12-13,15-17H,4-11H2,1-3H3;2*4-6H,2-3H2,1H3. The smallest absolute Gasteiger partial charge is 0.0771 e. The monoisotopic (exact) mass is 458 g/mol. The quantitative estimate of drug-likeness (QED) is 0.174. The molecule has 0 rings (SSSR count). The van der Waals surface area contributed by atoms with Crippen LogP contribution in [0.15, 0.2) is 0 Å². The average Bonchev–Trinajstić information content (AvgIpc) is 2.82. The maximum atomic E-state index is 9.54. The summed E-state index contributed by atoms with van der Waals surface area (Å²) in [6, 6.07) is 0. The van der Waals surface area contributed by atoms with Crippen molar-refractivity contribution in [3.63, 3.8) is 0 Å². The fourth-order valence-corrected chi connectivity index (χ4v) is 1.77. The van der Waals surface area contributed by atoms with Gasteiger partial charge in [0.2, 0.25) is 0 Å². The molecule has 0 bridgehead atoms. The lowest BCUT2D eigenvalue weighted by atomic mass is 9.88. The summed E-state index contributed by atoms with van der Waals surface area (Å²) in [7, 11) is 0. The first-order valence-electron chi connectivity index (χ1n) is 11.4. The highest BCUT2D eigenvalue weighted by atomic mass is 16.5. The van der Waals surface area contributed by atoms with Gasteiger partial charge in [-0.05, 0) is 32.1 Å². The number of hydrogen-bond donors (Lipinski definition) is 7. The Hall–Kier alpha value is -0.360. The Labute approximate surface area is 188 Å². The van der Waals surface area contributed by atoms with Crippen LogP contribution in [0.3, 0.4) is 0 Å². The second-order valence-corrected chi connectivity index (χ2v) is 7.66. The average molecular weight is 459 g/mol. The summed E-state index contributed by atoms with van der Waals surface area (Å²) in [6.45, 7) is 10.4. The zero-order valence-electron chi connectivity index (χ0n) is 20.2. The summed E-state index contributed by atoms with van der Waals surface area (Å²) >= 11 is 0. The predicted molar refractivity (Wildman–Crippen MR) is 121 cm³/mol. The zero-order chi connectivity index (χ0) is 24.7. The molecule has 0 aliphatic carbocycles. The molecule has 4 unspecified atom stereocenters. The molecule has 0 fully saturated rings. The molecule has 0 spiro atoms. The SMILES string of the molecule is CCC(O)CO.CCC(O)CO.CCC(O)COCC(CC)(CO)COCC(O)CC. The van der Waals surface area contributed by atoms with Crippen molar-refractivity contribution >= 4 is 0 Å². The highest BCUT2D eigenvalue weighted by molar-refractivity contribution is 4.77. The molecule has 192 valence electrons. The van der Waals surface area contributed by atoms with Gasteiger partial charge < -0.3 is 45.2 Å². The molecule has 9 nitrogen and oxygen atoms in total. The Balaban J connectivity index is -0.000000532. The first kappa shape index (κ1) is 35.2. The largest absolute Gasteiger partial charge is 0.396 e. The van der Waals surface area contributed by atoms with Crippen molar-refractivity contribution < 1.29 is 45.2 Å². The molecule has 0 aromatic rings. The summed E-state index contributed by atoms with van der Waals surface area (Å²) < 4.78 is 10.9. The van der Waals surface area contributed by atoms with Gasteiger partial charge in [-0.2, -0.15) is 0 Å². The minimum Gasteiger partial charge on any atom is -0.396 e. The molecule has 0 aliphatic heterocycles. The second kappa shape index (κ2) is 24.3. The summed E-state index contributed by atoms with van der Waals surface area (Å²) in [6.07, 6.45) is 1.35. The number of rotatable bonds is 16. The Bertz CT molecular complexity index is 305. The highest BCUT2D eigenvalue weighted by Gasteiger charge is 2.29. The van der Waals surface area contributed by atoms with Gasteiger partial charge in [-0.3, -0.25) is 0 Å². The lowest BCUT2D eigenvalue weighted by Gasteiger charge is -2.30. The Morgan fingerprint density at radius 3 is 1.06 bits per heavy atom. The van der Waals surface area contributed by atoms with Crippen LogP contribution in [0.4, 0.5) is 0 Å². The van der Waals surface area contributed by atoms with Crippen LogP contribution in [0, 0.1) is 5.41 Å². The minimum atomic E-state index is -0.509. The van der Waals surface area contributed by atoms with Crippen LogP contribution in [0.2, 0.25) is 0 Å². The molecule has 0 saturated carbocycles. The summed E-state index contributed by atoms with van der Waals surface area (Å²) in [5.74, 6) is 0. The molecular weight excluding hydrogens is 408 g/mol. The topological polar surface area (TPSA) is 160 Å². The van der Waals surface area contributed by atoms with E-state index in [-0.39, 0.29) is 33.0 Å². The van der Waals surface area contributed by atoms with E-state index in [1.165, 1.54) is 0 Å². The van der Waals surface area contributed by atoms with E-state index in [4.69, 9.17) is 29.9 Å².